The van der Waals surface area contributed by atoms with E-state index in [0.29, 0.717) is 29.4 Å². The van der Waals surface area contributed by atoms with E-state index in [2.05, 4.69) is 0 Å². The van der Waals surface area contributed by atoms with E-state index in [1.165, 1.54) is 14.2 Å². The zero-order chi connectivity index (χ0) is 29.7. The fourth-order valence-corrected chi connectivity index (χ4v) is 5.40. The van der Waals surface area contributed by atoms with Crippen molar-refractivity contribution in [1.82, 2.24) is 9.80 Å². The zero-order valence-corrected chi connectivity index (χ0v) is 24.0. The minimum Gasteiger partial charge on any atom is -0.497 e. The van der Waals surface area contributed by atoms with E-state index in [4.69, 9.17) is 23.7 Å². The maximum atomic E-state index is 12.8. The molecule has 4 rings (SSSR count). The summed E-state index contributed by atoms with van der Waals surface area (Å²) in [4.78, 5) is 53.7. The number of hydrogen-bond acceptors (Lipinski definition) is 9. The Morgan fingerprint density at radius 2 is 1.32 bits per heavy atom. The van der Waals surface area contributed by atoms with Crippen molar-refractivity contribution < 1.29 is 42.9 Å². The lowest BCUT2D eigenvalue weighted by Crippen LogP contribution is -2.60. The quantitative estimate of drug-likeness (QED) is 0.204. The van der Waals surface area contributed by atoms with Crippen LogP contribution in [0.15, 0.2) is 36.4 Å². The Kier molecular flexibility index (Phi) is 9.36. The number of benzene rings is 2. The lowest BCUT2D eigenvalue weighted by Gasteiger charge is -2.47. The highest BCUT2D eigenvalue weighted by Crippen LogP contribution is 2.36. The van der Waals surface area contributed by atoms with Crippen LogP contribution in [0, 0.1) is 5.92 Å². The van der Waals surface area contributed by atoms with Gasteiger partial charge in [-0.3, -0.25) is 19.2 Å². The van der Waals surface area contributed by atoms with E-state index < -0.39 is 18.0 Å². The number of amides is 2. The van der Waals surface area contributed by atoms with Crippen molar-refractivity contribution in [1.29, 1.82) is 0 Å². The third-order valence-electron chi connectivity index (χ3n) is 7.75. The highest BCUT2D eigenvalue weighted by molar-refractivity contribution is 5.91. The minimum absolute atomic E-state index is 0.0629. The molecule has 2 aliphatic rings. The Balaban J connectivity index is 1.34. The summed E-state index contributed by atoms with van der Waals surface area (Å²) in [7, 11) is 6.18. The average Bonchev–Trinajstić information content (AvgIpc) is 2.98. The monoisotopic (exact) mass is 568 g/mol. The summed E-state index contributed by atoms with van der Waals surface area (Å²) in [5.74, 6) is 0.481. The summed E-state index contributed by atoms with van der Waals surface area (Å²) < 4.78 is 26.5. The van der Waals surface area contributed by atoms with Gasteiger partial charge in [-0.05, 0) is 30.7 Å². The molecule has 2 aromatic rings. The van der Waals surface area contributed by atoms with E-state index >= 15 is 0 Å². The van der Waals surface area contributed by atoms with Gasteiger partial charge in [0.2, 0.25) is 11.8 Å². The average molecular weight is 569 g/mol. The van der Waals surface area contributed by atoms with E-state index in [1.54, 1.807) is 54.4 Å². The molecule has 0 N–H and O–H groups in total. The number of nitrogens with zero attached hydrogens (tertiary/aromatic N) is 2. The number of β-lactam (4-membered cyclic amide) rings is 2. The second-order valence-electron chi connectivity index (χ2n) is 10.0. The molecular weight excluding hydrogens is 532 g/mol. The summed E-state index contributed by atoms with van der Waals surface area (Å²) in [5.41, 5.74) is 1.54. The van der Waals surface area contributed by atoms with Gasteiger partial charge in [0.15, 0.2) is 0 Å². The van der Waals surface area contributed by atoms with Gasteiger partial charge in [0, 0.05) is 42.8 Å². The zero-order valence-electron chi connectivity index (χ0n) is 24.0. The normalized spacial score (nSPS) is 19.7. The lowest BCUT2D eigenvalue weighted by molar-refractivity contribution is -0.168. The summed E-state index contributed by atoms with van der Waals surface area (Å²) >= 11 is 0. The van der Waals surface area contributed by atoms with E-state index in [1.807, 2.05) is 13.0 Å². The second kappa shape index (κ2) is 12.9. The van der Waals surface area contributed by atoms with Gasteiger partial charge in [0.1, 0.15) is 23.0 Å². The smallest absolute Gasteiger partial charge is 0.315 e. The molecule has 0 aliphatic carbocycles. The van der Waals surface area contributed by atoms with Gasteiger partial charge >= 0.3 is 11.9 Å². The van der Waals surface area contributed by atoms with Crippen molar-refractivity contribution in [3.63, 3.8) is 0 Å². The van der Waals surface area contributed by atoms with Crippen LogP contribution in [0.1, 0.15) is 43.7 Å². The largest absolute Gasteiger partial charge is 0.497 e. The van der Waals surface area contributed by atoms with Crippen LogP contribution >= 0.6 is 0 Å². The van der Waals surface area contributed by atoms with Crippen LogP contribution in [0.5, 0.6) is 23.0 Å². The van der Waals surface area contributed by atoms with Crippen LogP contribution in [-0.4, -0.2) is 74.1 Å². The molecule has 0 spiro atoms. The Bertz CT molecular complexity index is 1310. The molecule has 41 heavy (non-hydrogen) atoms. The fourth-order valence-electron chi connectivity index (χ4n) is 5.40. The first-order valence-electron chi connectivity index (χ1n) is 13.5. The minimum atomic E-state index is -0.707. The van der Waals surface area contributed by atoms with Crippen LogP contribution < -0.4 is 18.9 Å². The van der Waals surface area contributed by atoms with Crippen molar-refractivity contribution in [2.75, 3.05) is 28.4 Å². The second-order valence-corrected chi connectivity index (χ2v) is 10.0. The SMILES string of the molecule is CCC1C(=O)N(Cc2ccc(OC)cc2OC)C1CC(=O)OC(=O)CC1CC(=O)N1Cc1ccc(OC)cc1OC. The van der Waals surface area contributed by atoms with Gasteiger partial charge < -0.3 is 33.5 Å². The molecule has 0 saturated carbocycles. The van der Waals surface area contributed by atoms with E-state index in [9.17, 15) is 19.2 Å². The molecule has 0 radical (unpaired) electrons. The Morgan fingerprint density at radius 3 is 1.80 bits per heavy atom. The number of carbonyl (C=O) groups is 4. The molecule has 0 bridgehead atoms. The predicted octanol–water partition coefficient (Wildman–Crippen LogP) is 3.11. The maximum absolute atomic E-state index is 12.8. The topological polar surface area (TPSA) is 121 Å². The lowest BCUT2D eigenvalue weighted by atomic mass is 9.82. The summed E-state index contributed by atoms with van der Waals surface area (Å²) in [5, 5.41) is 0. The molecule has 11 heteroatoms. The fraction of sp³-hybridized carbons (Fsp3) is 0.467. The summed E-state index contributed by atoms with van der Waals surface area (Å²) in [6.45, 7) is 2.39. The van der Waals surface area contributed by atoms with Gasteiger partial charge in [0.05, 0.1) is 59.3 Å². The summed E-state index contributed by atoms with van der Waals surface area (Å²) in [6.07, 6.45) is 0.539. The number of ether oxygens (including phenoxy) is 5. The molecule has 2 saturated heterocycles. The number of methoxy groups -OCH3 is 4. The van der Waals surface area contributed by atoms with E-state index in [0.717, 1.165) is 11.1 Å². The molecule has 2 fully saturated rings. The van der Waals surface area contributed by atoms with Crippen molar-refractivity contribution in [2.24, 2.45) is 5.92 Å². The van der Waals surface area contributed by atoms with Crippen molar-refractivity contribution >= 4 is 23.8 Å². The molecular formula is C30H36N2O9. The van der Waals surface area contributed by atoms with E-state index in [-0.39, 0.29) is 56.1 Å². The number of likely N-dealkylation sites (tertiary alicyclic amines) is 2. The molecule has 2 amide bonds. The predicted molar refractivity (Wildman–Crippen MR) is 146 cm³/mol. The van der Waals surface area contributed by atoms with Gasteiger partial charge in [-0.2, -0.15) is 0 Å². The molecule has 3 atom stereocenters. The van der Waals surface area contributed by atoms with Crippen molar-refractivity contribution in [2.45, 2.75) is 57.8 Å². The van der Waals surface area contributed by atoms with Crippen LogP contribution in [0.25, 0.3) is 0 Å². The highest BCUT2D eigenvalue weighted by atomic mass is 16.6. The van der Waals surface area contributed by atoms with Crippen LogP contribution in [-0.2, 0) is 37.0 Å². The molecule has 2 aliphatic heterocycles. The highest BCUT2D eigenvalue weighted by Gasteiger charge is 2.47. The summed E-state index contributed by atoms with van der Waals surface area (Å²) in [6, 6.07) is 9.84. The molecule has 2 aromatic carbocycles. The van der Waals surface area contributed by atoms with Crippen molar-refractivity contribution in [3.8, 4) is 23.0 Å². The Hall–Kier alpha value is -4.28. The Morgan fingerprint density at radius 1 is 0.780 bits per heavy atom. The molecule has 11 nitrogen and oxygen atoms in total. The standard InChI is InChI=1S/C30H36N2O9/c1-6-23-24(32(30(23)36)17-19-8-10-22(38-3)14-26(19)40-5)15-29(35)41-28(34)12-20-11-27(33)31(20)16-18-7-9-21(37-2)13-25(18)39-4/h7-10,13-14,20,23-24H,6,11-12,15-17H2,1-5H3. The maximum Gasteiger partial charge on any atom is 0.315 e. The van der Waals surface area contributed by atoms with Gasteiger partial charge in [-0.1, -0.05) is 6.92 Å². The number of carbonyl (C=O) groups excluding carboxylic acids is 4. The molecule has 0 aromatic heterocycles. The Labute approximate surface area is 239 Å². The molecule has 220 valence electrons. The van der Waals surface area contributed by atoms with Crippen LogP contribution in [0.3, 0.4) is 0 Å². The first-order chi connectivity index (χ1) is 19.7. The van der Waals surface area contributed by atoms with Gasteiger partial charge in [-0.25, -0.2) is 0 Å². The van der Waals surface area contributed by atoms with Crippen LogP contribution in [0.2, 0.25) is 0 Å². The van der Waals surface area contributed by atoms with Crippen LogP contribution in [0.4, 0.5) is 0 Å². The number of rotatable bonds is 13. The van der Waals surface area contributed by atoms with Crippen molar-refractivity contribution in [3.05, 3.63) is 47.5 Å². The molecule has 3 unspecified atom stereocenters. The third kappa shape index (κ3) is 6.39. The van der Waals surface area contributed by atoms with Gasteiger partial charge in [-0.15, -0.1) is 0 Å². The first-order valence-corrected chi connectivity index (χ1v) is 13.5. The first kappa shape index (κ1) is 29.7. The molecule has 2 heterocycles. The van der Waals surface area contributed by atoms with Gasteiger partial charge in [0.25, 0.3) is 0 Å². The third-order valence-corrected chi connectivity index (χ3v) is 7.75. The number of esters is 2. The number of hydrogen-bond donors (Lipinski definition) is 0.